The summed E-state index contributed by atoms with van der Waals surface area (Å²) in [4.78, 5) is 25.7. The first-order valence-corrected chi connectivity index (χ1v) is 11.3. The van der Waals surface area contributed by atoms with Gasteiger partial charge in [0, 0.05) is 20.6 Å². The molecule has 2 aromatic rings. The summed E-state index contributed by atoms with van der Waals surface area (Å²) >= 11 is 1.25. The van der Waals surface area contributed by atoms with E-state index in [1.54, 1.807) is 12.1 Å². The van der Waals surface area contributed by atoms with E-state index in [4.69, 9.17) is 14.7 Å². The lowest BCUT2D eigenvalue weighted by Gasteiger charge is -2.35. The fourth-order valence-corrected chi connectivity index (χ4v) is 4.50. The number of nitrogens with zero attached hydrogens (tertiary/aromatic N) is 3. The number of anilines is 1. The molecule has 1 aromatic heterocycles. The maximum absolute atomic E-state index is 12.9. The highest BCUT2D eigenvalue weighted by molar-refractivity contribution is 7.15. The summed E-state index contributed by atoms with van der Waals surface area (Å²) in [7, 11) is 3.01. The monoisotopic (exact) mass is 457 g/mol. The molecular weight excluding hydrogens is 430 g/mol. The van der Waals surface area contributed by atoms with E-state index >= 15 is 0 Å². The number of nitrogens with one attached hydrogen (secondary N) is 2. The molecule has 0 unspecified atom stereocenters. The standard InChI is InChI=1S/C22H27N5O4S/c1-30-14-17(24-20(29)22(31-2)10-4-3-5-11-22)19(28)25-21-27-26-18(32-21)12-15-6-8-16(13-23)9-7-15/h6-9,17H,3-5,10-12,14H2,1-2H3,(H,24,29)(H,25,27,28)/t17-/m1/s1. The van der Waals surface area contributed by atoms with Gasteiger partial charge in [-0.1, -0.05) is 42.7 Å². The van der Waals surface area contributed by atoms with Gasteiger partial charge in [-0.3, -0.25) is 14.9 Å². The van der Waals surface area contributed by atoms with Crippen LogP contribution < -0.4 is 10.6 Å². The molecule has 170 valence electrons. The number of aromatic nitrogens is 2. The Bertz CT molecular complexity index is 963. The van der Waals surface area contributed by atoms with Gasteiger partial charge in [0.25, 0.3) is 11.8 Å². The third-order valence-electron chi connectivity index (χ3n) is 5.56. The van der Waals surface area contributed by atoms with Crippen molar-refractivity contribution in [2.75, 3.05) is 26.1 Å². The van der Waals surface area contributed by atoms with Crippen molar-refractivity contribution >= 4 is 28.3 Å². The molecule has 1 atom stereocenters. The van der Waals surface area contributed by atoms with Crippen LogP contribution in [0, 0.1) is 11.3 Å². The van der Waals surface area contributed by atoms with Gasteiger partial charge in [-0.05, 0) is 30.5 Å². The lowest BCUT2D eigenvalue weighted by Crippen LogP contribution is -2.56. The summed E-state index contributed by atoms with van der Waals surface area (Å²) < 4.78 is 10.7. The Morgan fingerprint density at radius 3 is 2.53 bits per heavy atom. The molecule has 10 heteroatoms. The Morgan fingerprint density at radius 2 is 1.91 bits per heavy atom. The quantitative estimate of drug-likeness (QED) is 0.592. The van der Waals surface area contributed by atoms with E-state index in [1.807, 2.05) is 12.1 Å². The zero-order chi connectivity index (χ0) is 23.0. The first-order chi connectivity index (χ1) is 15.5. The van der Waals surface area contributed by atoms with Crippen molar-refractivity contribution in [2.45, 2.75) is 50.2 Å². The van der Waals surface area contributed by atoms with Gasteiger partial charge in [0.15, 0.2) is 0 Å². The van der Waals surface area contributed by atoms with Gasteiger partial charge in [0.1, 0.15) is 16.7 Å². The van der Waals surface area contributed by atoms with Crippen molar-refractivity contribution in [3.8, 4) is 6.07 Å². The zero-order valence-electron chi connectivity index (χ0n) is 18.2. The van der Waals surface area contributed by atoms with E-state index in [1.165, 1.54) is 25.6 Å². The van der Waals surface area contributed by atoms with Gasteiger partial charge in [0.2, 0.25) is 5.13 Å². The average molecular weight is 458 g/mol. The fourth-order valence-electron chi connectivity index (χ4n) is 3.73. The Hall–Kier alpha value is -2.87. The molecule has 2 amide bonds. The summed E-state index contributed by atoms with van der Waals surface area (Å²) in [6, 6.07) is 8.42. The van der Waals surface area contributed by atoms with Crippen molar-refractivity contribution in [3.63, 3.8) is 0 Å². The number of benzene rings is 1. The minimum atomic E-state index is -0.901. The zero-order valence-corrected chi connectivity index (χ0v) is 19.0. The second kappa shape index (κ2) is 11.1. The van der Waals surface area contributed by atoms with Crippen LogP contribution in [0.4, 0.5) is 5.13 Å². The predicted molar refractivity (Wildman–Crippen MR) is 119 cm³/mol. The normalized spacial score (nSPS) is 16.0. The molecule has 1 aromatic carbocycles. The van der Waals surface area contributed by atoms with Crippen LogP contribution in [0.15, 0.2) is 24.3 Å². The smallest absolute Gasteiger partial charge is 0.252 e. The molecule has 1 aliphatic rings. The summed E-state index contributed by atoms with van der Waals surface area (Å²) in [5.41, 5.74) is 0.676. The molecule has 9 nitrogen and oxygen atoms in total. The molecule has 1 aliphatic carbocycles. The van der Waals surface area contributed by atoms with Crippen molar-refractivity contribution in [2.24, 2.45) is 0 Å². The Labute approximate surface area is 191 Å². The molecule has 2 N–H and O–H groups in total. The second-order valence-corrected chi connectivity index (χ2v) is 8.78. The highest BCUT2D eigenvalue weighted by Crippen LogP contribution is 2.31. The molecule has 0 aliphatic heterocycles. The number of hydrogen-bond donors (Lipinski definition) is 2. The van der Waals surface area contributed by atoms with Gasteiger partial charge in [0.05, 0.1) is 18.2 Å². The van der Waals surface area contributed by atoms with E-state index in [0.29, 0.717) is 30.0 Å². The number of methoxy groups -OCH3 is 2. The molecule has 32 heavy (non-hydrogen) atoms. The molecule has 1 fully saturated rings. The maximum atomic E-state index is 12.9. The Balaban J connectivity index is 1.62. The molecule has 0 radical (unpaired) electrons. The van der Waals surface area contributed by atoms with Crippen LogP contribution in [-0.4, -0.2) is 54.5 Å². The van der Waals surface area contributed by atoms with Crippen molar-refractivity contribution in [3.05, 3.63) is 40.4 Å². The molecule has 0 bridgehead atoms. The first-order valence-electron chi connectivity index (χ1n) is 10.5. The van der Waals surface area contributed by atoms with Gasteiger partial charge in [-0.15, -0.1) is 10.2 Å². The third kappa shape index (κ3) is 5.88. The average Bonchev–Trinajstić information content (AvgIpc) is 3.26. The third-order valence-corrected chi connectivity index (χ3v) is 6.39. The van der Waals surface area contributed by atoms with Crippen LogP contribution in [-0.2, 0) is 25.5 Å². The topological polar surface area (TPSA) is 126 Å². The Kier molecular flexibility index (Phi) is 8.27. The molecule has 1 heterocycles. The highest BCUT2D eigenvalue weighted by Gasteiger charge is 2.41. The molecule has 0 spiro atoms. The lowest BCUT2D eigenvalue weighted by molar-refractivity contribution is -0.149. The van der Waals surface area contributed by atoms with E-state index in [2.05, 4.69) is 26.9 Å². The molecule has 3 rings (SSSR count). The predicted octanol–water partition coefficient (Wildman–Crippen LogP) is 2.42. The second-order valence-electron chi connectivity index (χ2n) is 7.72. The van der Waals surface area contributed by atoms with Gasteiger partial charge in [-0.2, -0.15) is 5.26 Å². The van der Waals surface area contributed by atoms with Crippen molar-refractivity contribution in [1.29, 1.82) is 5.26 Å². The maximum Gasteiger partial charge on any atom is 0.252 e. The van der Waals surface area contributed by atoms with E-state index in [9.17, 15) is 9.59 Å². The minimum absolute atomic E-state index is 0.0221. The highest BCUT2D eigenvalue weighted by atomic mass is 32.1. The molecule has 0 saturated heterocycles. The van der Waals surface area contributed by atoms with Gasteiger partial charge >= 0.3 is 0 Å². The number of hydrogen-bond acceptors (Lipinski definition) is 8. The van der Waals surface area contributed by atoms with Crippen LogP contribution in [0.2, 0.25) is 0 Å². The lowest BCUT2D eigenvalue weighted by atomic mass is 9.83. The number of carbonyl (C=O) groups excluding carboxylic acids is 2. The van der Waals surface area contributed by atoms with Gasteiger partial charge in [-0.25, -0.2) is 0 Å². The summed E-state index contributed by atoms with van der Waals surface area (Å²) in [5, 5.41) is 23.6. The fraction of sp³-hybridized carbons (Fsp3) is 0.500. The minimum Gasteiger partial charge on any atom is -0.382 e. The van der Waals surface area contributed by atoms with Crippen LogP contribution in [0.5, 0.6) is 0 Å². The number of ether oxygens (including phenoxy) is 2. The van der Waals surface area contributed by atoms with E-state index in [-0.39, 0.29) is 12.5 Å². The van der Waals surface area contributed by atoms with Gasteiger partial charge < -0.3 is 14.8 Å². The summed E-state index contributed by atoms with van der Waals surface area (Å²) in [6.45, 7) is 0.0221. The number of amides is 2. The summed E-state index contributed by atoms with van der Waals surface area (Å²) in [6.07, 6.45) is 4.69. The largest absolute Gasteiger partial charge is 0.382 e. The van der Waals surface area contributed by atoms with Crippen LogP contribution >= 0.6 is 11.3 Å². The van der Waals surface area contributed by atoms with Crippen LogP contribution in [0.3, 0.4) is 0 Å². The SMILES string of the molecule is COC[C@@H](NC(=O)C1(OC)CCCCC1)C(=O)Nc1nnc(Cc2ccc(C#N)cc2)s1. The summed E-state index contributed by atoms with van der Waals surface area (Å²) in [5.74, 6) is -0.723. The first kappa shape index (κ1) is 23.8. The number of carbonyl (C=O) groups is 2. The number of nitriles is 1. The molecular formula is C22H27N5O4S. The van der Waals surface area contributed by atoms with Crippen LogP contribution in [0.1, 0.15) is 48.2 Å². The Morgan fingerprint density at radius 1 is 1.19 bits per heavy atom. The molecule has 1 saturated carbocycles. The van der Waals surface area contributed by atoms with E-state index in [0.717, 1.165) is 29.8 Å². The van der Waals surface area contributed by atoms with E-state index < -0.39 is 17.6 Å². The van der Waals surface area contributed by atoms with Crippen molar-refractivity contribution in [1.82, 2.24) is 15.5 Å². The van der Waals surface area contributed by atoms with Crippen LogP contribution in [0.25, 0.3) is 0 Å². The van der Waals surface area contributed by atoms with Crippen molar-refractivity contribution < 1.29 is 19.1 Å². The number of rotatable bonds is 9.